The Morgan fingerprint density at radius 3 is 2.67 bits per heavy atom. The molecule has 21 heavy (non-hydrogen) atoms. The summed E-state index contributed by atoms with van der Waals surface area (Å²) in [5, 5.41) is 12.8. The molecule has 114 valence electrons. The van der Waals surface area contributed by atoms with E-state index in [1.165, 1.54) is 11.0 Å². The Kier molecular flexibility index (Phi) is 5.12. The highest BCUT2D eigenvalue weighted by Gasteiger charge is 2.27. The number of nitrogens with one attached hydrogen (secondary N) is 1. The molecule has 6 heteroatoms. The van der Waals surface area contributed by atoms with Crippen molar-refractivity contribution in [1.82, 2.24) is 5.32 Å². The van der Waals surface area contributed by atoms with E-state index in [0.29, 0.717) is 10.9 Å². The molecule has 0 bridgehead atoms. The number of rotatable bonds is 4. The van der Waals surface area contributed by atoms with Gasteiger partial charge < -0.3 is 10.4 Å². The SMILES string of the molecule is CSC1CCC(NC(=O)N(C)c2ccccc2C(=O)O)C1. The van der Waals surface area contributed by atoms with Crippen LogP contribution in [0.4, 0.5) is 10.5 Å². The van der Waals surface area contributed by atoms with Crippen LogP contribution < -0.4 is 10.2 Å². The van der Waals surface area contributed by atoms with Crippen molar-refractivity contribution in [3.8, 4) is 0 Å². The summed E-state index contributed by atoms with van der Waals surface area (Å²) < 4.78 is 0. The number of carboxylic acid groups (broad SMARTS) is 1. The van der Waals surface area contributed by atoms with Crippen LogP contribution in [0.1, 0.15) is 29.6 Å². The maximum atomic E-state index is 12.3. The van der Waals surface area contributed by atoms with E-state index in [1.807, 2.05) is 11.8 Å². The Balaban J connectivity index is 2.05. The molecule has 1 aliphatic rings. The fourth-order valence-electron chi connectivity index (χ4n) is 2.61. The summed E-state index contributed by atoms with van der Waals surface area (Å²) in [6.07, 6.45) is 5.15. The lowest BCUT2D eigenvalue weighted by molar-refractivity contribution is 0.0697. The van der Waals surface area contributed by atoms with Gasteiger partial charge in [-0.1, -0.05) is 12.1 Å². The van der Waals surface area contributed by atoms with Gasteiger partial charge >= 0.3 is 12.0 Å². The van der Waals surface area contributed by atoms with Gasteiger partial charge in [0.2, 0.25) is 0 Å². The number of urea groups is 1. The third-order valence-corrected chi connectivity index (χ3v) is 4.94. The van der Waals surface area contributed by atoms with E-state index in [4.69, 9.17) is 0 Å². The number of para-hydroxylation sites is 1. The second-order valence-electron chi connectivity index (χ2n) is 5.20. The number of aromatic carboxylic acids is 1. The first kappa shape index (κ1) is 15.7. The molecule has 2 rings (SSSR count). The van der Waals surface area contributed by atoms with Gasteiger partial charge in [0, 0.05) is 18.3 Å². The minimum Gasteiger partial charge on any atom is -0.478 e. The summed E-state index contributed by atoms with van der Waals surface area (Å²) in [5.74, 6) is -1.03. The summed E-state index contributed by atoms with van der Waals surface area (Å²) >= 11 is 1.83. The van der Waals surface area contributed by atoms with Gasteiger partial charge in [0.05, 0.1) is 11.3 Å². The second-order valence-corrected chi connectivity index (χ2v) is 6.34. The molecule has 1 aromatic rings. The summed E-state index contributed by atoms with van der Waals surface area (Å²) in [4.78, 5) is 24.9. The number of thioether (sulfide) groups is 1. The molecule has 1 saturated carbocycles. The van der Waals surface area contributed by atoms with Crippen LogP contribution in [-0.2, 0) is 0 Å². The van der Waals surface area contributed by atoms with E-state index in [2.05, 4.69) is 11.6 Å². The highest BCUT2D eigenvalue weighted by Crippen LogP contribution is 2.28. The number of carbonyl (C=O) groups is 2. The highest BCUT2D eigenvalue weighted by atomic mass is 32.2. The molecule has 1 aromatic carbocycles. The van der Waals surface area contributed by atoms with Crippen molar-refractivity contribution in [1.29, 1.82) is 0 Å². The van der Waals surface area contributed by atoms with Crippen LogP contribution in [0.2, 0.25) is 0 Å². The van der Waals surface area contributed by atoms with Crippen LogP contribution in [0.5, 0.6) is 0 Å². The first-order valence-electron chi connectivity index (χ1n) is 6.92. The normalized spacial score (nSPS) is 21.0. The van der Waals surface area contributed by atoms with E-state index >= 15 is 0 Å². The monoisotopic (exact) mass is 308 g/mol. The number of carboxylic acids is 1. The summed E-state index contributed by atoms with van der Waals surface area (Å²) in [6.45, 7) is 0. The average molecular weight is 308 g/mol. The Labute approximate surface area is 128 Å². The molecular weight excluding hydrogens is 288 g/mol. The van der Waals surface area contributed by atoms with Gasteiger partial charge in [0.15, 0.2) is 0 Å². The molecule has 2 amide bonds. The number of benzene rings is 1. The first-order valence-corrected chi connectivity index (χ1v) is 8.21. The third kappa shape index (κ3) is 3.69. The zero-order chi connectivity index (χ0) is 15.4. The van der Waals surface area contributed by atoms with Crippen LogP contribution in [-0.4, -0.2) is 41.7 Å². The molecule has 0 spiro atoms. The predicted molar refractivity (Wildman–Crippen MR) is 85.3 cm³/mol. The van der Waals surface area contributed by atoms with Gasteiger partial charge in [-0.3, -0.25) is 4.90 Å². The van der Waals surface area contributed by atoms with Gasteiger partial charge in [-0.25, -0.2) is 9.59 Å². The molecule has 1 aliphatic carbocycles. The third-order valence-electron chi connectivity index (χ3n) is 3.85. The molecule has 5 nitrogen and oxygen atoms in total. The topological polar surface area (TPSA) is 69.6 Å². The minimum absolute atomic E-state index is 0.128. The van der Waals surface area contributed by atoms with Crippen LogP contribution in [0.3, 0.4) is 0 Å². The minimum atomic E-state index is -1.03. The lowest BCUT2D eigenvalue weighted by Gasteiger charge is -2.22. The highest BCUT2D eigenvalue weighted by molar-refractivity contribution is 7.99. The van der Waals surface area contributed by atoms with Gasteiger partial charge in [0.1, 0.15) is 0 Å². The lowest BCUT2D eigenvalue weighted by Crippen LogP contribution is -2.42. The Hall–Kier alpha value is -1.69. The molecule has 2 atom stereocenters. The maximum absolute atomic E-state index is 12.3. The van der Waals surface area contributed by atoms with Crippen molar-refractivity contribution in [2.45, 2.75) is 30.6 Å². The van der Waals surface area contributed by atoms with Gasteiger partial charge in [-0.2, -0.15) is 11.8 Å². The molecule has 1 fully saturated rings. The molecule has 2 unspecified atom stereocenters. The zero-order valence-corrected chi connectivity index (χ0v) is 13.0. The largest absolute Gasteiger partial charge is 0.478 e. The van der Waals surface area contributed by atoms with E-state index in [-0.39, 0.29) is 17.6 Å². The Morgan fingerprint density at radius 2 is 2.05 bits per heavy atom. The summed E-state index contributed by atoms with van der Waals surface area (Å²) in [6, 6.07) is 6.44. The number of amides is 2. The van der Waals surface area contributed by atoms with Gasteiger partial charge in [-0.15, -0.1) is 0 Å². The van der Waals surface area contributed by atoms with Crippen molar-refractivity contribution >= 4 is 29.4 Å². The van der Waals surface area contributed by atoms with Crippen LogP contribution in [0.15, 0.2) is 24.3 Å². The van der Waals surface area contributed by atoms with Gasteiger partial charge in [0.25, 0.3) is 0 Å². The van der Waals surface area contributed by atoms with Crippen LogP contribution in [0, 0.1) is 0 Å². The van der Waals surface area contributed by atoms with E-state index < -0.39 is 5.97 Å². The van der Waals surface area contributed by atoms with Crippen molar-refractivity contribution in [2.75, 3.05) is 18.2 Å². The second kappa shape index (κ2) is 6.85. The van der Waals surface area contributed by atoms with Crippen LogP contribution >= 0.6 is 11.8 Å². The smallest absolute Gasteiger partial charge is 0.337 e. The number of hydrogen-bond acceptors (Lipinski definition) is 3. The number of anilines is 1. The Bertz CT molecular complexity index is 535. The summed E-state index contributed by atoms with van der Waals surface area (Å²) in [5.41, 5.74) is 0.533. The van der Waals surface area contributed by atoms with Crippen molar-refractivity contribution < 1.29 is 14.7 Å². The van der Waals surface area contributed by atoms with E-state index in [9.17, 15) is 14.7 Å². The average Bonchev–Trinajstić information content (AvgIpc) is 2.94. The quantitative estimate of drug-likeness (QED) is 0.897. The van der Waals surface area contributed by atoms with E-state index in [0.717, 1.165) is 19.3 Å². The first-order chi connectivity index (χ1) is 10.0. The molecule has 0 heterocycles. The van der Waals surface area contributed by atoms with E-state index in [1.54, 1.807) is 25.2 Å². The molecule has 2 N–H and O–H groups in total. The summed E-state index contributed by atoms with van der Waals surface area (Å²) in [7, 11) is 1.60. The van der Waals surface area contributed by atoms with Crippen LogP contribution in [0.25, 0.3) is 0 Å². The van der Waals surface area contributed by atoms with Crippen molar-refractivity contribution in [3.05, 3.63) is 29.8 Å². The molecule has 0 saturated heterocycles. The zero-order valence-electron chi connectivity index (χ0n) is 12.2. The molecule has 0 radical (unpaired) electrons. The van der Waals surface area contributed by atoms with Gasteiger partial charge in [-0.05, 0) is 37.7 Å². The number of nitrogens with zero attached hydrogens (tertiary/aromatic N) is 1. The predicted octanol–water partition coefficient (Wildman–Crippen LogP) is 2.81. The molecule has 0 aliphatic heterocycles. The lowest BCUT2D eigenvalue weighted by atomic mass is 10.1. The fourth-order valence-corrected chi connectivity index (χ4v) is 3.41. The fraction of sp³-hybridized carbons (Fsp3) is 0.467. The standard InChI is InChI=1S/C15H20N2O3S/c1-17(13-6-4-3-5-12(13)14(18)19)15(20)16-10-7-8-11(9-10)21-2/h3-6,10-11H,7-9H2,1-2H3,(H,16,20)(H,18,19). The molecule has 0 aromatic heterocycles. The maximum Gasteiger partial charge on any atom is 0.337 e. The van der Waals surface area contributed by atoms with Crippen molar-refractivity contribution in [3.63, 3.8) is 0 Å². The number of hydrogen-bond donors (Lipinski definition) is 2. The van der Waals surface area contributed by atoms with Crippen molar-refractivity contribution in [2.24, 2.45) is 0 Å². The molecular formula is C15H20N2O3S. The Morgan fingerprint density at radius 1 is 1.33 bits per heavy atom. The number of carbonyl (C=O) groups excluding carboxylic acids is 1.